The van der Waals surface area contributed by atoms with Gasteiger partial charge in [-0.2, -0.15) is 5.26 Å². The summed E-state index contributed by atoms with van der Waals surface area (Å²) < 4.78 is 0. The zero-order chi connectivity index (χ0) is 12.3. The van der Waals surface area contributed by atoms with Gasteiger partial charge in [0.15, 0.2) is 0 Å². The molecule has 0 spiro atoms. The van der Waals surface area contributed by atoms with E-state index in [4.69, 9.17) is 5.26 Å². The van der Waals surface area contributed by atoms with Crippen LogP contribution in [0.1, 0.15) is 30.7 Å². The first-order valence-corrected chi connectivity index (χ1v) is 5.78. The number of nitrogens with one attached hydrogen (secondary N) is 1. The van der Waals surface area contributed by atoms with Gasteiger partial charge in [0.05, 0.1) is 18.3 Å². The van der Waals surface area contributed by atoms with E-state index in [0.717, 1.165) is 17.8 Å². The van der Waals surface area contributed by atoms with Gasteiger partial charge in [0.25, 0.3) is 0 Å². The van der Waals surface area contributed by atoms with Gasteiger partial charge in [-0.25, -0.2) is 0 Å². The van der Waals surface area contributed by atoms with Crippen molar-refractivity contribution < 1.29 is 4.79 Å². The Balaban J connectivity index is 1.95. The van der Waals surface area contributed by atoms with Crippen LogP contribution < -0.4 is 5.32 Å². The molecular weight excluding hydrogens is 214 g/mol. The fraction of sp³-hybridized carbons (Fsp3) is 0.462. The molecule has 0 aromatic carbocycles. The van der Waals surface area contributed by atoms with Crippen molar-refractivity contribution >= 4 is 5.91 Å². The third kappa shape index (κ3) is 2.28. The van der Waals surface area contributed by atoms with Crippen LogP contribution in [0.4, 0.5) is 0 Å². The number of pyridine rings is 1. The van der Waals surface area contributed by atoms with E-state index in [1.165, 1.54) is 0 Å². The molecule has 1 aliphatic carbocycles. The standard InChI is InChI=1S/C13H15N3O/c1-10-4-2-5-11(16-10)8-15-12(17)13(9-14)6-3-7-13/h2,4-5H,3,6-8H2,1H3,(H,15,17). The van der Waals surface area contributed by atoms with E-state index >= 15 is 0 Å². The van der Waals surface area contributed by atoms with Crippen molar-refractivity contribution in [2.45, 2.75) is 32.7 Å². The number of aromatic nitrogens is 1. The van der Waals surface area contributed by atoms with Crippen molar-refractivity contribution in [1.82, 2.24) is 10.3 Å². The zero-order valence-electron chi connectivity index (χ0n) is 9.86. The Hall–Kier alpha value is -1.89. The molecule has 1 heterocycles. The Kier molecular flexibility index (Phi) is 3.10. The second kappa shape index (κ2) is 4.54. The maximum atomic E-state index is 11.9. The number of hydrogen-bond donors (Lipinski definition) is 1. The number of hydrogen-bond acceptors (Lipinski definition) is 3. The number of aryl methyl sites for hydroxylation is 1. The van der Waals surface area contributed by atoms with Crippen LogP contribution in [0.25, 0.3) is 0 Å². The molecule has 0 bridgehead atoms. The molecule has 1 aromatic rings. The molecule has 4 heteroatoms. The molecule has 88 valence electrons. The minimum absolute atomic E-state index is 0.158. The topological polar surface area (TPSA) is 65.8 Å². The predicted molar refractivity (Wildman–Crippen MR) is 62.7 cm³/mol. The van der Waals surface area contributed by atoms with Crippen LogP contribution in [-0.2, 0) is 11.3 Å². The Morgan fingerprint density at radius 3 is 2.88 bits per heavy atom. The van der Waals surface area contributed by atoms with Crippen molar-refractivity contribution in [2.75, 3.05) is 0 Å². The van der Waals surface area contributed by atoms with Crippen molar-refractivity contribution in [1.29, 1.82) is 5.26 Å². The van der Waals surface area contributed by atoms with Crippen LogP contribution in [0.5, 0.6) is 0 Å². The molecule has 2 rings (SSSR count). The lowest BCUT2D eigenvalue weighted by atomic mass is 9.69. The predicted octanol–water partition coefficient (Wildman–Crippen LogP) is 1.70. The second-order valence-electron chi connectivity index (χ2n) is 4.50. The number of carbonyl (C=O) groups excluding carboxylic acids is 1. The molecule has 0 saturated heterocycles. The summed E-state index contributed by atoms with van der Waals surface area (Å²) in [5.41, 5.74) is 0.977. The fourth-order valence-electron chi connectivity index (χ4n) is 1.96. The van der Waals surface area contributed by atoms with Gasteiger partial charge in [-0.05, 0) is 38.3 Å². The van der Waals surface area contributed by atoms with Gasteiger partial charge < -0.3 is 5.32 Å². The van der Waals surface area contributed by atoms with Gasteiger partial charge in [-0.3, -0.25) is 9.78 Å². The smallest absolute Gasteiger partial charge is 0.240 e. The first kappa shape index (κ1) is 11.6. The van der Waals surface area contributed by atoms with Crippen LogP contribution in [0.15, 0.2) is 18.2 Å². The Labute approximate surface area is 101 Å². The number of rotatable bonds is 3. The molecule has 1 amide bonds. The molecule has 1 aliphatic rings. The Bertz CT molecular complexity index is 472. The average Bonchev–Trinajstić information content (AvgIpc) is 2.26. The number of amides is 1. The highest BCUT2D eigenvalue weighted by molar-refractivity contribution is 5.86. The largest absolute Gasteiger partial charge is 0.349 e. The summed E-state index contributed by atoms with van der Waals surface area (Å²) in [7, 11) is 0. The van der Waals surface area contributed by atoms with Gasteiger partial charge in [0, 0.05) is 5.69 Å². The summed E-state index contributed by atoms with van der Waals surface area (Å²) in [4.78, 5) is 16.2. The molecule has 1 N–H and O–H groups in total. The van der Waals surface area contributed by atoms with E-state index in [1.54, 1.807) is 0 Å². The first-order valence-electron chi connectivity index (χ1n) is 5.78. The van der Waals surface area contributed by atoms with Crippen LogP contribution in [0.3, 0.4) is 0 Å². The maximum Gasteiger partial charge on any atom is 0.240 e. The first-order chi connectivity index (χ1) is 8.16. The average molecular weight is 229 g/mol. The molecule has 0 unspecified atom stereocenters. The summed E-state index contributed by atoms with van der Waals surface area (Å²) in [5.74, 6) is -0.158. The molecule has 1 saturated carbocycles. The molecule has 0 aliphatic heterocycles. The zero-order valence-corrected chi connectivity index (χ0v) is 9.86. The molecule has 1 fully saturated rings. The van der Waals surface area contributed by atoms with Crippen LogP contribution in [-0.4, -0.2) is 10.9 Å². The van der Waals surface area contributed by atoms with E-state index < -0.39 is 5.41 Å². The highest BCUT2D eigenvalue weighted by Gasteiger charge is 2.44. The van der Waals surface area contributed by atoms with Crippen LogP contribution >= 0.6 is 0 Å². The lowest BCUT2D eigenvalue weighted by molar-refractivity contribution is -0.131. The summed E-state index contributed by atoms with van der Waals surface area (Å²) in [5, 5.41) is 11.8. The van der Waals surface area contributed by atoms with Crippen molar-refractivity contribution in [3.05, 3.63) is 29.6 Å². The second-order valence-corrected chi connectivity index (χ2v) is 4.50. The molecule has 1 aromatic heterocycles. The summed E-state index contributed by atoms with van der Waals surface area (Å²) in [6, 6.07) is 7.82. The summed E-state index contributed by atoms with van der Waals surface area (Å²) in [6.45, 7) is 2.30. The number of carbonyl (C=O) groups is 1. The summed E-state index contributed by atoms with van der Waals surface area (Å²) in [6.07, 6.45) is 2.32. The molecule has 0 atom stereocenters. The quantitative estimate of drug-likeness (QED) is 0.857. The third-order valence-corrected chi connectivity index (χ3v) is 3.23. The van der Waals surface area contributed by atoms with E-state index in [9.17, 15) is 4.79 Å². The SMILES string of the molecule is Cc1cccc(CNC(=O)C2(C#N)CCC2)n1. The van der Waals surface area contributed by atoms with E-state index in [0.29, 0.717) is 19.4 Å². The van der Waals surface area contributed by atoms with Crippen molar-refractivity contribution in [2.24, 2.45) is 5.41 Å². The van der Waals surface area contributed by atoms with Crippen molar-refractivity contribution in [3.63, 3.8) is 0 Å². The minimum Gasteiger partial charge on any atom is -0.349 e. The van der Waals surface area contributed by atoms with Crippen molar-refractivity contribution in [3.8, 4) is 6.07 Å². The fourth-order valence-corrected chi connectivity index (χ4v) is 1.96. The molecule has 4 nitrogen and oxygen atoms in total. The number of nitriles is 1. The monoisotopic (exact) mass is 229 g/mol. The molecular formula is C13H15N3O. The highest BCUT2D eigenvalue weighted by Crippen LogP contribution is 2.40. The van der Waals surface area contributed by atoms with Gasteiger partial charge >= 0.3 is 0 Å². The Morgan fingerprint density at radius 1 is 1.59 bits per heavy atom. The van der Waals surface area contributed by atoms with E-state index in [2.05, 4.69) is 16.4 Å². The lowest BCUT2D eigenvalue weighted by Gasteiger charge is -2.33. The number of nitrogens with zero attached hydrogens (tertiary/aromatic N) is 2. The van der Waals surface area contributed by atoms with Gasteiger partial charge in [0.2, 0.25) is 5.91 Å². The minimum atomic E-state index is -0.774. The van der Waals surface area contributed by atoms with E-state index in [1.807, 2.05) is 25.1 Å². The third-order valence-electron chi connectivity index (χ3n) is 3.23. The highest BCUT2D eigenvalue weighted by atomic mass is 16.2. The van der Waals surface area contributed by atoms with Crippen LogP contribution in [0, 0.1) is 23.7 Å². The van der Waals surface area contributed by atoms with Crippen LogP contribution in [0.2, 0.25) is 0 Å². The summed E-state index contributed by atoms with van der Waals surface area (Å²) >= 11 is 0. The molecule has 0 radical (unpaired) electrons. The molecule has 17 heavy (non-hydrogen) atoms. The maximum absolute atomic E-state index is 11.9. The van der Waals surface area contributed by atoms with Gasteiger partial charge in [-0.1, -0.05) is 6.07 Å². The van der Waals surface area contributed by atoms with Gasteiger partial charge in [0.1, 0.15) is 5.41 Å². The van der Waals surface area contributed by atoms with Gasteiger partial charge in [-0.15, -0.1) is 0 Å². The normalized spacial score (nSPS) is 16.7. The van der Waals surface area contributed by atoms with E-state index in [-0.39, 0.29) is 5.91 Å². The Morgan fingerprint density at radius 2 is 2.35 bits per heavy atom. The lowest BCUT2D eigenvalue weighted by Crippen LogP contribution is -2.44.